The molecule has 0 spiro atoms. The topological polar surface area (TPSA) is 23.5 Å². The van der Waals surface area contributed by atoms with Crippen LogP contribution in [-0.4, -0.2) is 29.6 Å². The van der Waals surface area contributed by atoms with Gasteiger partial charge in [0.25, 0.3) is 0 Å². The van der Waals surface area contributed by atoms with E-state index in [0.717, 1.165) is 0 Å². The molecule has 0 aromatic heterocycles. The van der Waals surface area contributed by atoms with Gasteiger partial charge in [0.15, 0.2) is 0 Å². The summed E-state index contributed by atoms with van der Waals surface area (Å²) < 4.78 is 0. The fraction of sp³-hybridized carbons (Fsp3) is 0.368. The fourth-order valence-corrected chi connectivity index (χ4v) is 4.27. The van der Waals surface area contributed by atoms with E-state index in [1.54, 1.807) is 0 Å². The van der Waals surface area contributed by atoms with Crippen molar-refractivity contribution in [2.75, 3.05) is 13.6 Å². The minimum absolute atomic E-state index is 0. The third-order valence-electron chi connectivity index (χ3n) is 5.37. The molecule has 22 heavy (non-hydrogen) atoms. The summed E-state index contributed by atoms with van der Waals surface area (Å²) in [5, 5.41) is 9.53. The van der Waals surface area contributed by atoms with E-state index in [9.17, 15) is 5.11 Å². The highest BCUT2D eigenvalue weighted by atomic mass is 35.5. The lowest BCUT2D eigenvalue weighted by Crippen LogP contribution is -2.34. The predicted molar refractivity (Wildman–Crippen MR) is 92.0 cm³/mol. The SMILES string of the molecule is CN1CCC2c3ccccc3C(c3ccc(O)cc3)C[C@@H]21.Cl. The van der Waals surface area contributed by atoms with Crippen LogP contribution in [0.2, 0.25) is 0 Å². The third kappa shape index (κ3) is 2.41. The first-order valence-corrected chi connectivity index (χ1v) is 7.82. The number of hydrogen-bond donors (Lipinski definition) is 1. The molecule has 0 amide bonds. The third-order valence-corrected chi connectivity index (χ3v) is 5.37. The monoisotopic (exact) mass is 315 g/mol. The molecule has 1 fully saturated rings. The molecule has 2 aromatic carbocycles. The molecule has 0 bridgehead atoms. The zero-order valence-electron chi connectivity index (χ0n) is 12.8. The smallest absolute Gasteiger partial charge is 0.115 e. The average Bonchev–Trinajstić information content (AvgIpc) is 2.89. The number of halogens is 1. The van der Waals surface area contributed by atoms with Gasteiger partial charge < -0.3 is 10.0 Å². The van der Waals surface area contributed by atoms with Crippen LogP contribution in [0.25, 0.3) is 0 Å². The Morgan fingerprint density at radius 3 is 2.41 bits per heavy atom. The lowest BCUT2D eigenvalue weighted by Gasteiger charge is -2.37. The second-order valence-corrected chi connectivity index (χ2v) is 6.45. The number of nitrogens with zero attached hydrogens (tertiary/aromatic N) is 1. The van der Waals surface area contributed by atoms with Crippen molar-refractivity contribution in [1.29, 1.82) is 0 Å². The van der Waals surface area contributed by atoms with E-state index in [2.05, 4.69) is 48.3 Å². The molecule has 2 aliphatic rings. The second kappa shape index (κ2) is 5.94. The maximum Gasteiger partial charge on any atom is 0.115 e. The summed E-state index contributed by atoms with van der Waals surface area (Å²) in [5.74, 6) is 1.49. The van der Waals surface area contributed by atoms with Gasteiger partial charge in [-0.05, 0) is 55.3 Å². The molecule has 2 unspecified atom stereocenters. The van der Waals surface area contributed by atoms with Gasteiger partial charge in [-0.25, -0.2) is 0 Å². The van der Waals surface area contributed by atoms with Gasteiger partial charge >= 0.3 is 0 Å². The highest BCUT2D eigenvalue weighted by molar-refractivity contribution is 5.85. The van der Waals surface area contributed by atoms with Gasteiger partial charge in [-0.3, -0.25) is 0 Å². The highest BCUT2D eigenvalue weighted by Crippen LogP contribution is 2.47. The van der Waals surface area contributed by atoms with Crippen LogP contribution in [0.1, 0.15) is 41.4 Å². The summed E-state index contributed by atoms with van der Waals surface area (Å²) >= 11 is 0. The van der Waals surface area contributed by atoms with Gasteiger partial charge in [-0.2, -0.15) is 0 Å². The summed E-state index contributed by atoms with van der Waals surface area (Å²) in [7, 11) is 2.26. The van der Waals surface area contributed by atoms with Crippen LogP contribution in [0.5, 0.6) is 5.75 Å². The van der Waals surface area contributed by atoms with Gasteiger partial charge in [0.05, 0.1) is 0 Å². The van der Waals surface area contributed by atoms with Gasteiger partial charge in [-0.1, -0.05) is 36.4 Å². The van der Waals surface area contributed by atoms with Crippen molar-refractivity contribution in [3.05, 3.63) is 65.2 Å². The molecule has 1 aliphatic carbocycles. The van der Waals surface area contributed by atoms with E-state index < -0.39 is 0 Å². The van der Waals surface area contributed by atoms with Crippen LogP contribution >= 0.6 is 12.4 Å². The van der Waals surface area contributed by atoms with E-state index in [0.29, 0.717) is 23.6 Å². The molecule has 3 atom stereocenters. The minimum atomic E-state index is 0. The van der Waals surface area contributed by atoms with Crippen molar-refractivity contribution in [3.63, 3.8) is 0 Å². The number of benzene rings is 2. The molecule has 116 valence electrons. The normalized spacial score (nSPS) is 26.9. The van der Waals surface area contributed by atoms with Crippen LogP contribution in [-0.2, 0) is 0 Å². The summed E-state index contributed by atoms with van der Waals surface area (Å²) in [4.78, 5) is 2.52. The number of likely N-dealkylation sites (tertiary alicyclic amines) is 1. The molecule has 1 heterocycles. The Hall–Kier alpha value is -1.51. The average molecular weight is 316 g/mol. The first-order chi connectivity index (χ1) is 10.2. The Morgan fingerprint density at radius 1 is 1.00 bits per heavy atom. The van der Waals surface area contributed by atoms with Gasteiger partial charge in [-0.15, -0.1) is 12.4 Å². The summed E-state index contributed by atoms with van der Waals surface area (Å²) in [6.45, 7) is 1.20. The largest absolute Gasteiger partial charge is 0.508 e. The summed E-state index contributed by atoms with van der Waals surface area (Å²) in [6.07, 6.45) is 2.46. The number of hydrogen-bond acceptors (Lipinski definition) is 2. The number of phenolic OH excluding ortho intramolecular Hbond substituents is 1. The number of likely N-dealkylation sites (N-methyl/N-ethyl adjacent to an activating group) is 1. The first-order valence-electron chi connectivity index (χ1n) is 7.82. The van der Waals surface area contributed by atoms with Crippen molar-refractivity contribution in [3.8, 4) is 5.75 Å². The van der Waals surface area contributed by atoms with Crippen molar-refractivity contribution in [2.24, 2.45) is 0 Å². The summed E-state index contributed by atoms with van der Waals surface area (Å²) in [6, 6.07) is 17.4. The van der Waals surface area contributed by atoms with E-state index in [4.69, 9.17) is 0 Å². The van der Waals surface area contributed by atoms with Crippen LogP contribution in [0, 0.1) is 0 Å². The van der Waals surface area contributed by atoms with Crippen LogP contribution in [0.3, 0.4) is 0 Å². The number of rotatable bonds is 1. The molecule has 0 radical (unpaired) electrons. The molecule has 1 N–H and O–H groups in total. The molecular weight excluding hydrogens is 294 g/mol. The second-order valence-electron chi connectivity index (χ2n) is 6.45. The molecule has 3 heteroatoms. The quantitative estimate of drug-likeness (QED) is 0.855. The zero-order valence-corrected chi connectivity index (χ0v) is 13.6. The van der Waals surface area contributed by atoms with Crippen molar-refractivity contribution < 1.29 is 5.11 Å². The molecule has 0 saturated carbocycles. The van der Waals surface area contributed by atoms with Gasteiger partial charge in [0.1, 0.15) is 5.75 Å². The van der Waals surface area contributed by atoms with E-state index >= 15 is 0 Å². The Labute approximate surface area is 138 Å². The summed E-state index contributed by atoms with van der Waals surface area (Å²) in [5.41, 5.74) is 4.34. The lowest BCUT2D eigenvalue weighted by atomic mass is 9.71. The van der Waals surface area contributed by atoms with Crippen LogP contribution in [0.15, 0.2) is 48.5 Å². The van der Waals surface area contributed by atoms with Crippen LogP contribution in [0.4, 0.5) is 0 Å². The Morgan fingerprint density at radius 2 is 1.68 bits per heavy atom. The molecular formula is C19H22ClNO. The Bertz CT molecular complexity index is 655. The van der Waals surface area contributed by atoms with Crippen molar-refractivity contribution >= 4 is 12.4 Å². The Kier molecular flexibility index (Phi) is 4.16. The van der Waals surface area contributed by atoms with E-state index in [1.807, 2.05) is 12.1 Å². The standard InChI is InChI=1S/C19H21NO.ClH/c1-20-11-10-17-15-4-2-3-5-16(15)18(12-19(17)20)13-6-8-14(21)9-7-13;/h2-9,17-19,21H,10-12H2,1H3;1H/t17?,18?,19-;/m0./s1. The molecule has 1 aliphatic heterocycles. The maximum atomic E-state index is 9.53. The Balaban J connectivity index is 0.00000144. The first kappa shape index (κ1) is 15.4. The number of aromatic hydroxyl groups is 1. The lowest BCUT2D eigenvalue weighted by molar-refractivity contribution is 0.265. The van der Waals surface area contributed by atoms with Crippen LogP contribution < -0.4 is 0 Å². The van der Waals surface area contributed by atoms with E-state index in [-0.39, 0.29) is 12.4 Å². The van der Waals surface area contributed by atoms with Gasteiger partial charge in [0, 0.05) is 17.9 Å². The molecule has 2 nitrogen and oxygen atoms in total. The number of phenols is 1. The maximum absolute atomic E-state index is 9.53. The highest BCUT2D eigenvalue weighted by Gasteiger charge is 2.40. The minimum Gasteiger partial charge on any atom is -0.508 e. The van der Waals surface area contributed by atoms with Crippen molar-refractivity contribution in [1.82, 2.24) is 4.90 Å². The predicted octanol–water partition coefficient (Wildman–Crippen LogP) is 4.14. The number of fused-ring (bicyclic) bond motifs is 3. The van der Waals surface area contributed by atoms with E-state index in [1.165, 1.54) is 36.1 Å². The molecule has 2 aromatic rings. The molecule has 1 saturated heterocycles. The van der Waals surface area contributed by atoms with Crippen molar-refractivity contribution in [2.45, 2.75) is 30.7 Å². The fourth-order valence-electron chi connectivity index (χ4n) is 4.27. The van der Waals surface area contributed by atoms with Gasteiger partial charge in [0.2, 0.25) is 0 Å². The molecule has 4 rings (SSSR count). The zero-order chi connectivity index (χ0) is 14.4.